The molecule has 1 rings (SSSR count). The first kappa shape index (κ1) is 17.9. The van der Waals surface area contributed by atoms with Gasteiger partial charge in [-0.05, 0) is 20.9 Å². The first-order chi connectivity index (χ1) is 10.1. The summed E-state index contributed by atoms with van der Waals surface area (Å²) in [6, 6.07) is 0. The summed E-state index contributed by atoms with van der Waals surface area (Å²) in [5, 5.41) is 7.68. The van der Waals surface area contributed by atoms with Gasteiger partial charge in [-0.25, -0.2) is 4.98 Å². The zero-order valence-corrected chi connectivity index (χ0v) is 14.5. The minimum Gasteiger partial charge on any atom is -0.383 e. The molecule has 0 spiro atoms. The van der Waals surface area contributed by atoms with Crippen LogP contribution in [0, 0.1) is 13.8 Å². The van der Waals surface area contributed by atoms with Crippen molar-refractivity contribution in [2.24, 2.45) is 4.99 Å². The van der Waals surface area contributed by atoms with Crippen LogP contribution in [-0.2, 0) is 11.3 Å². The molecule has 0 aromatic carbocycles. The van der Waals surface area contributed by atoms with Crippen molar-refractivity contribution in [2.45, 2.75) is 20.4 Å². The number of ether oxygens (including phenoxy) is 1. The van der Waals surface area contributed by atoms with Gasteiger partial charge in [0.05, 0.1) is 18.8 Å². The van der Waals surface area contributed by atoms with Gasteiger partial charge >= 0.3 is 0 Å². The number of methoxy groups -OCH3 is 1. The number of aryl methyl sites for hydroxylation is 2. The average Bonchev–Trinajstić information content (AvgIpc) is 2.79. The zero-order valence-electron chi connectivity index (χ0n) is 13.7. The van der Waals surface area contributed by atoms with E-state index in [-0.39, 0.29) is 0 Å². The maximum absolute atomic E-state index is 5.06. The van der Waals surface area contributed by atoms with Gasteiger partial charge in [-0.2, -0.15) is 0 Å². The molecule has 0 amide bonds. The van der Waals surface area contributed by atoms with Gasteiger partial charge in [0.2, 0.25) is 0 Å². The summed E-state index contributed by atoms with van der Waals surface area (Å²) < 4.78 is 5.06. The normalized spacial score (nSPS) is 12.0. The number of thiazole rings is 1. The number of aliphatic imine (C=N–C) groups is 1. The van der Waals surface area contributed by atoms with Gasteiger partial charge in [0.1, 0.15) is 5.01 Å². The summed E-state index contributed by atoms with van der Waals surface area (Å²) >= 11 is 1.73. The maximum Gasteiger partial charge on any atom is 0.191 e. The summed E-state index contributed by atoms with van der Waals surface area (Å²) in [6.07, 6.45) is 0. The van der Waals surface area contributed by atoms with E-state index in [4.69, 9.17) is 4.74 Å². The third-order valence-electron chi connectivity index (χ3n) is 3.17. The Morgan fingerprint density at radius 1 is 1.33 bits per heavy atom. The van der Waals surface area contributed by atoms with Gasteiger partial charge in [-0.1, -0.05) is 0 Å². The van der Waals surface area contributed by atoms with E-state index in [0.717, 1.165) is 42.9 Å². The van der Waals surface area contributed by atoms with Crippen LogP contribution >= 0.6 is 11.3 Å². The predicted molar refractivity (Wildman–Crippen MR) is 89.2 cm³/mol. The number of hydrogen-bond acceptors (Lipinski definition) is 5. The summed E-state index contributed by atoms with van der Waals surface area (Å²) in [4.78, 5) is 12.2. The van der Waals surface area contributed by atoms with Crippen molar-refractivity contribution in [1.82, 2.24) is 20.5 Å². The smallest absolute Gasteiger partial charge is 0.191 e. The third-order valence-corrected chi connectivity index (χ3v) is 4.24. The summed E-state index contributed by atoms with van der Waals surface area (Å²) in [6.45, 7) is 8.32. The molecule has 0 aliphatic carbocycles. The van der Waals surface area contributed by atoms with Gasteiger partial charge in [0.15, 0.2) is 5.96 Å². The molecule has 0 unspecified atom stereocenters. The molecule has 21 heavy (non-hydrogen) atoms. The van der Waals surface area contributed by atoms with Gasteiger partial charge in [0.25, 0.3) is 0 Å². The summed E-state index contributed by atoms with van der Waals surface area (Å²) in [5.41, 5.74) is 1.11. The van der Waals surface area contributed by atoms with E-state index in [2.05, 4.69) is 39.5 Å². The molecular formula is C14H27N5OS. The second-order valence-electron chi connectivity index (χ2n) is 4.90. The molecule has 6 nitrogen and oxygen atoms in total. The summed E-state index contributed by atoms with van der Waals surface area (Å²) in [5.74, 6) is 0.806. The van der Waals surface area contributed by atoms with Gasteiger partial charge in [0, 0.05) is 38.7 Å². The third kappa shape index (κ3) is 6.88. The van der Waals surface area contributed by atoms with Crippen molar-refractivity contribution in [1.29, 1.82) is 0 Å². The van der Waals surface area contributed by atoms with E-state index < -0.39 is 0 Å². The van der Waals surface area contributed by atoms with E-state index in [9.17, 15) is 0 Å². The van der Waals surface area contributed by atoms with Crippen LogP contribution in [0.2, 0.25) is 0 Å². The second kappa shape index (κ2) is 9.70. The van der Waals surface area contributed by atoms with Crippen LogP contribution in [0.15, 0.2) is 4.99 Å². The molecule has 1 aromatic rings. The Labute approximate surface area is 131 Å². The SMILES string of the molecule is CN=C(NCCN(C)CCOC)NCc1nc(C)c(C)s1. The van der Waals surface area contributed by atoms with Crippen LogP contribution in [0.5, 0.6) is 0 Å². The van der Waals surface area contributed by atoms with Crippen LogP contribution in [0.1, 0.15) is 15.6 Å². The zero-order chi connectivity index (χ0) is 15.7. The lowest BCUT2D eigenvalue weighted by molar-refractivity contribution is 0.162. The minimum absolute atomic E-state index is 0.707. The molecule has 1 aromatic heterocycles. The van der Waals surface area contributed by atoms with Crippen molar-refractivity contribution in [3.05, 3.63) is 15.6 Å². The van der Waals surface area contributed by atoms with Gasteiger partial charge in [-0.15, -0.1) is 11.3 Å². The fourth-order valence-electron chi connectivity index (χ4n) is 1.72. The largest absolute Gasteiger partial charge is 0.383 e. The topological polar surface area (TPSA) is 61.8 Å². The molecule has 0 atom stereocenters. The van der Waals surface area contributed by atoms with Gasteiger partial charge in [-0.3, -0.25) is 4.99 Å². The molecule has 0 bridgehead atoms. The van der Waals surface area contributed by atoms with Crippen molar-refractivity contribution in [3.8, 4) is 0 Å². The Hall–Kier alpha value is -1.18. The van der Waals surface area contributed by atoms with Crippen molar-refractivity contribution in [3.63, 3.8) is 0 Å². The lowest BCUT2D eigenvalue weighted by atomic mass is 10.4. The highest BCUT2D eigenvalue weighted by atomic mass is 32.1. The Bertz CT molecular complexity index is 427. The monoisotopic (exact) mass is 313 g/mol. The second-order valence-corrected chi connectivity index (χ2v) is 6.19. The number of guanidine groups is 1. The molecule has 1 heterocycles. The van der Waals surface area contributed by atoms with Crippen molar-refractivity contribution < 1.29 is 4.74 Å². The first-order valence-corrected chi connectivity index (χ1v) is 7.93. The standard InChI is InChI=1S/C14H27N5OS/c1-11-12(2)21-13(18-11)10-17-14(15-3)16-6-7-19(4)8-9-20-5/h6-10H2,1-5H3,(H2,15,16,17). The fourth-order valence-corrected chi connectivity index (χ4v) is 2.59. The fraction of sp³-hybridized carbons (Fsp3) is 0.714. The number of rotatable bonds is 8. The first-order valence-electron chi connectivity index (χ1n) is 7.11. The van der Waals surface area contributed by atoms with Crippen molar-refractivity contribution >= 4 is 17.3 Å². The Balaban J connectivity index is 2.26. The van der Waals surface area contributed by atoms with Crippen LogP contribution < -0.4 is 10.6 Å². The predicted octanol–water partition coefficient (Wildman–Crippen LogP) is 1.00. The van der Waals surface area contributed by atoms with Crippen molar-refractivity contribution in [2.75, 3.05) is 47.4 Å². The molecule has 0 fully saturated rings. The van der Waals surface area contributed by atoms with Crippen LogP contribution in [-0.4, -0.2) is 63.3 Å². The molecule has 0 radical (unpaired) electrons. The van der Waals surface area contributed by atoms with E-state index in [0.29, 0.717) is 6.54 Å². The minimum atomic E-state index is 0.707. The number of nitrogens with zero attached hydrogens (tertiary/aromatic N) is 3. The molecule has 7 heteroatoms. The van der Waals surface area contributed by atoms with Crippen LogP contribution in [0.3, 0.4) is 0 Å². The Morgan fingerprint density at radius 3 is 2.67 bits per heavy atom. The molecular weight excluding hydrogens is 286 g/mol. The Morgan fingerprint density at radius 2 is 2.10 bits per heavy atom. The molecule has 0 saturated carbocycles. The quantitative estimate of drug-likeness (QED) is 0.554. The molecule has 0 aliphatic rings. The average molecular weight is 313 g/mol. The molecule has 0 aliphatic heterocycles. The number of nitrogens with one attached hydrogen (secondary N) is 2. The molecule has 120 valence electrons. The van der Waals surface area contributed by atoms with Crippen LogP contribution in [0.25, 0.3) is 0 Å². The van der Waals surface area contributed by atoms with E-state index in [1.807, 2.05) is 6.92 Å². The lowest BCUT2D eigenvalue weighted by Crippen LogP contribution is -2.41. The highest BCUT2D eigenvalue weighted by Crippen LogP contribution is 2.15. The number of hydrogen-bond donors (Lipinski definition) is 2. The molecule has 2 N–H and O–H groups in total. The van der Waals surface area contributed by atoms with E-state index in [1.165, 1.54) is 4.88 Å². The Kier molecular flexibility index (Phi) is 8.26. The van der Waals surface area contributed by atoms with Crippen LogP contribution in [0.4, 0.5) is 0 Å². The highest BCUT2D eigenvalue weighted by Gasteiger charge is 2.05. The summed E-state index contributed by atoms with van der Waals surface area (Å²) in [7, 11) is 5.58. The number of aromatic nitrogens is 1. The number of likely N-dealkylation sites (N-methyl/N-ethyl adjacent to an activating group) is 1. The molecule has 0 saturated heterocycles. The van der Waals surface area contributed by atoms with E-state index in [1.54, 1.807) is 25.5 Å². The highest BCUT2D eigenvalue weighted by molar-refractivity contribution is 7.11. The lowest BCUT2D eigenvalue weighted by Gasteiger charge is -2.17. The van der Waals surface area contributed by atoms with Gasteiger partial charge < -0.3 is 20.3 Å². The maximum atomic E-state index is 5.06. The van der Waals surface area contributed by atoms with E-state index >= 15 is 0 Å².